The highest BCUT2D eigenvalue weighted by Crippen LogP contribution is 2.28. The van der Waals surface area contributed by atoms with Gasteiger partial charge in [-0.3, -0.25) is 0 Å². The van der Waals surface area contributed by atoms with Gasteiger partial charge in [0.15, 0.2) is 5.52 Å². The van der Waals surface area contributed by atoms with Crippen molar-refractivity contribution >= 4 is 49.9 Å². The Morgan fingerprint density at radius 1 is 1.18 bits per heavy atom. The van der Waals surface area contributed by atoms with E-state index in [1.165, 1.54) is 36.7 Å². The van der Waals surface area contributed by atoms with Gasteiger partial charge >= 0.3 is 6.33 Å². The van der Waals surface area contributed by atoms with Gasteiger partial charge in [-0.15, -0.1) is 0 Å². The Kier molecular flexibility index (Phi) is 3.84. The first kappa shape index (κ1) is 14.9. The topological polar surface area (TPSA) is 49.0 Å². The quantitative estimate of drug-likeness (QED) is 0.512. The minimum atomic E-state index is -0.540. The summed E-state index contributed by atoms with van der Waals surface area (Å²) in [6.45, 7) is 0. The van der Waals surface area contributed by atoms with E-state index in [1.807, 2.05) is 0 Å². The molecule has 0 radical (unpaired) electrons. The maximum atomic E-state index is 13.8. The molecular formula is C14H8BrClF2N3O+. The van der Waals surface area contributed by atoms with Crippen molar-refractivity contribution in [3.8, 4) is 0 Å². The van der Waals surface area contributed by atoms with Gasteiger partial charge in [0.1, 0.15) is 11.6 Å². The number of aromatic nitrogens is 2. The lowest BCUT2D eigenvalue weighted by Gasteiger charge is -2.06. The van der Waals surface area contributed by atoms with E-state index in [9.17, 15) is 14.0 Å². The van der Waals surface area contributed by atoms with Gasteiger partial charge in [0.05, 0.1) is 14.9 Å². The van der Waals surface area contributed by atoms with E-state index in [0.29, 0.717) is 22.4 Å². The highest BCUT2D eigenvalue weighted by Gasteiger charge is 2.17. The highest BCUT2D eigenvalue weighted by atomic mass is 79.9. The Morgan fingerprint density at radius 2 is 1.95 bits per heavy atom. The molecule has 4 nitrogen and oxygen atoms in total. The third-order valence-electron chi connectivity index (χ3n) is 3.02. The molecule has 0 aliphatic carbocycles. The molecule has 0 bridgehead atoms. The van der Waals surface area contributed by atoms with Crippen LogP contribution in [0.5, 0.6) is 0 Å². The molecule has 0 saturated carbocycles. The monoisotopic (exact) mass is 386 g/mol. The Morgan fingerprint density at radius 3 is 2.68 bits per heavy atom. The Labute approximate surface area is 137 Å². The average Bonchev–Trinajstić information content (AvgIpc) is 2.48. The van der Waals surface area contributed by atoms with Crippen LogP contribution in [0.4, 0.5) is 20.3 Å². The molecule has 1 heterocycles. The standard InChI is InChI=1S/C14H7BrClF2N3O/c15-9-5-13-8(4-12(9)18)14(19-6-21(13)22)20-7-1-2-11(17)10(16)3-7/h1-6,22H/p+1. The number of benzene rings is 2. The summed E-state index contributed by atoms with van der Waals surface area (Å²) in [5.74, 6) is -0.740. The summed E-state index contributed by atoms with van der Waals surface area (Å²) in [5, 5.41) is 13.0. The van der Waals surface area contributed by atoms with Crippen molar-refractivity contribution in [2.24, 2.45) is 0 Å². The van der Waals surface area contributed by atoms with Crippen molar-refractivity contribution in [3.05, 3.63) is 57.8 Å². The van der Waals surface area contributed by atoms with Gasteiger partial charge in [0.25, 0.3) is 5.82 Å². The number of hydrogen-bond donors (Lipinski definition) is 2. The van der Waals surface area contributed by atoms with Crippen LogP contribution in [0.3, 0.4) is 0 Å². The molecule has 1 aromatic heterocycles. The SMILES string of the molecule is O[n+]1cnc(Nc2ccc(F)c(Cl)c2)c2cc(F)c(Br)cc21. The maximum absolute atomic E-state index is 13.8. The van der Waals surface area contributed by atoms with Gasteiger partial charge in [-0.05, 0) is 49.9 Å². The van der Waals surface area contributed by atoms with E-state index in [4.69, 9.17) is 11.6 Å². The van der Waals surface area contributed by atoms with Crippen molar-refractivity contribution in [2.45, 2.75) is 0 Å². The van der Waals surface area contributed by atoms with Crippen molar-refractivity contribution < 1.29 is 18.7 Å². The van der Waals surface area contributed by atoms with Crippen molar-refractivity contribution in [2.75, 3.05) is 5.32 Å². The van der Waals surface area contributed by atoms with Crippen LogP contribution in [0, 0.1) is 11.6 Å². The Bertz CT molecular complexity index is 892. The van der Waals surface area contributed by atoms with Crippen molar-refractivity contribution in [3.63, 3.8) is 0 Å². The van der Waals surface area contributed by atoms with Gasteiger partial charge in [-0.2, -0.15) is 0 Å². The van der Waals surface area contributed by atoms with Crippen LogP contribution in [0.1, 0.15) is 0 Å². The zero-order chi connectivity index (χ0) is 15.9. The average molecular weight is 388 g/mol. The number of rotatable bonds is 2. The second-order valence-corrected chi connectivity index (χ2v) is 5.74. The van der Waals surface area contributed by atoms with Crippen LogP contribution < -0.4 is 10.0 Å². The summed E-state index contributed by atoms with van der Waals surface area (Å²) >= 11 is 8.78. The van der Waals surface area contributed by atoms with E-state index in [0.717, 1.165) is 4.73 Å². The first-order valence-electron chi connectivity index (χ1n) is 6.06. The molecule has 0 fully saturated rings. The molecule has 0 saturated heterocycles. The predicted molar refractivity (Wildman–Crippen MR) is 81.5 cm³/mol. The van der Waals surface area contributed by atoms with Crippen LogP contribution in [-0.4, -0.2) is 10.2 Å². The van der Waals surface area contributed by atoms with Gasteiger partial charge in [-0.1, -0.05) is 11.6 Å². The van der Waals surface area contributed by atoms with E-state index < -0.39 is 11.6 Å². The molecule has 3 rings (SSSR count). The lowest BCUT2D eigenvalue weighted by atomic mass is 10.2. The maximum Gasteiger partial charge on any atom is 0.328 e. The molecule has 0 atom stereocenters. The summed E-state index contributed by atoms with van der Waals surface area (Å²) in [5.41, 5.74) is 0.832. The van der Waals surface area contributed by atoms with Crippen molar-refractivity contribution in [1.29, 1.82) is 0 Å². The minimum Gasteiger partial charge on any atom is -0.349 e. The van der Waals surface area contributed by atoms with Crippen LogP contribution in [0.2, 0.25) is 5.02 Å². The Hall–Kier alpha value is -1.99. The number of nitrogens with zero attached hydrogens (tertiary/aromatic N) is 2. The first-order valence-corrected chi connectivity index (χ1v) is 7.23. The van der Waals surface area contributed by atoms with E-state index >= 15 is 0 Å². The summed E-state index contributed by atoms with van der Waals surface area (Å²) < 4.78 is 27.9. The fraction of sp³-hybridized carbons (Fsp3) is 0. The summed E-state index contributed by atoms with van der Waals surface area (Å²) in [7, 11) is 0. The fourth-order valence-corrected chi connectivity index (χ4v) is 2.48. The molecule has 0 aliphatic rings. The van der Waals surface area contributed by atoms with Gasteiger partial charge in [0.2, 0.25) is 0 Å². The van der Waals surface area contributed by atoms with Crippen LogP contribution >= 0.6 is 27.5 Å². The molecule has 0 aliphatic heterocycles. The van der Waals surface area contributed by atoms with Gasteiger partial charge in [-0.25, -0.2) is 8.78 Å². The largest absolute Gasteiger partial charge is 0.349 e. The highest BCUT2D eigenvalue weighted by molar-refractivity contribution is 9.10. The number of halogens is 4. The molecule has 8 heteroatoms. The lowest BCUT2D eigenvalue weighted by Crippen LogP contribution is -2.31. The molecule has 0 amide bonds. The van der Waals surface area contributed by atoms with E-state index in [2.05, 4.69) is 26.2 Å². The second kappa shape index (κ2) is 5.66. The van der Waals surface area contributed by atoms with Gasteiger partial charge in [0, 0.05) is 11.8 Å². The zero-order valence-corrected chi connectivity index (χ0v) is 13.2. The molecule has 22 heavy (non-hydrogen) atoms. The third kappa shape index (κ3) is 2.69. The van der Waals surface area contributed by atoms with E-state index in [-0.39, 0.29) is 9.50 Å². The van der Waals surface area contributed by atoms with Gasteiger partial charge < -0.3 is 10.5 Å². The summed E-state index contributed by atoms with van der Waals surface area (Å²) in [6, 6.07) is 6.73. The molecule has 3 aromatic rings. The zero-order valence-electron chi connectivity index (χ0n) is 10.8. The van der Waals surface area contributed by atoms with Crippen LogP contribution in [0.15, 0.2) is 41.1 Å². The van der Waals surface area contributed by atoms with Crippen LogP contribution in [0.25, 0.3) is 10.9 Å². The molecule has 112 valence electrons. The number of hydrogen-bond acceptors (Lipinski definition) is 3. The molecule has 2 aromatic carbocycles. The molecule has 0 spiro atoms. The number of anilines is 2. The second-order valence-electron chi connectivity index (χ2n) is 4.48. The fourth-order valence-electron chi connectivity index (χ4n) is 1.97. The molecule has 2 N–H and O–H groups in total. The van der Waals surface area contributed by atoms with Crippen LogP contribution in [-0.2, 0) is 0 Å². The van der Waals surface area contributed by atoms with Crippen molar-refractivity contribution in [1.82, 2.24) is 4.98 Å². The predicted octanol–water partition coefficient (Wildman–Crippen LogP) is 4.20. The Balaban J connectivity index is 2.12. The number of nitrogens with one attached hydrogen (secondary N) is 1. The third-order valence-corrected chi connectivity index (χ3v) is 3.92. The normalized spacial score (nSPS) is 10.9. The minimum absolute atomic E-state index is 0.0450. The number of fused-ring (bicyclic) bond motifs is 1. The lowest BCUT2D eigenvalue weighted by molar-refractivity contribution is -0.886. The van der Waals surface area contributed by atoms with E-state index in [1.54, 1.807) is 0 Å². The summed E-state index contributed by atoms with van der Waals surface area (Å²) in [6.07, 6.45) is 1.17. The molecule has 0 unspecified atom stereocenters. The summed E-state index contributed by atoms with van der Waals surface area (Å²) in [4.78, 5) is 4.01. The first-order chi connectivity index (χ1) is 10.5. The smallest absolute Gasteiger partial charge is 0.328 e. The molecular weight excluding hydrogens is 380 g/mol.